The molecular weight excluding hydrogens is 142 g/mol. The van der Waals surface area contributed by atoms with Gasteiger partial charge >= 0.3 is 0 Å². The van der Waals surface area contributed by atoms with E-state index >= 15 is 0 Å². The van der Waals surface area contributed by atoms with Crippen molar-refractivity contribution in [2.24, 2.45) is 5.92 Å². The Bertz CT molecular complexity index is 152. The molecule has 0 rings (SSSR count). The van der Waals surface area contributed by atoms with Crippen LogP contribution in [0.25, 0.3) is 0 Å². The van der Waals surface area contributed by atoms with Gasteiger partial charge in [-0.25, -0.2) is 0 Å². The Morgan fingerprint density at radius 3 is 2.27 bits per heavy atom. The summed E-state index contributed by atoms with van der Waals surface area (Å²) >= 11 is 0. The molecule has 0 aliphatic carbocycles. The van der Waals surface area contributed by atoms with E-state index in [1.807, 2.05) is 6.92 Å². The highest BCUT2D eigenvalue weighted by Gasteiger charge is 2.12. The van der Waals surface area contributed by atoms with Gasteiger partial charge < -0.3 is 0 Å². The van der Waals surface area contributed by atoms with Gasteiger partial charge in [0, 0.05) is 12.3 Å². The first-order valence-electron chi connectivity index (χ1n) is 3.86. The third-order valence-electron chi connectivity index (χ3n) is 1.19. The van der Waals surface area contributed by atoms with Crippen LogP contribution in [-0.2, 0) is 9.59 Å². The van der Waals surface area contributed by atoms with E-state index < -0.39 is 0 Å². The summed E-state index contributed by atoms with van der Waals surface area (Å²) in [5, 5.41) is 3.39. The minimum absolute atomic E-state index is 0.171. The normalized spacial score (nSPS) is 9.82. The molecule has 0 N–H and O–H groups in total. The second-order valence-corrected chi connectivity index (χ2v) is 2.75. The lowest BCUT2D eigenvalue weighted by molar-refractivity contribution is -0.132. The third kappa shape index (κ3) is 4.53. The van der Waals surface area contributed by atoms with Crippen LogP contribution in [0.15, 0.2) is 0 Å². The first kappa shape index (κ1) is 10.1. The zero-order chi connectivity index (χ0) is 8.85. The zero-order valence-electron chi connectivity index (χ0n) is 7.26. The Kier molecular flexibility index (Phi) is 4.50. The molecule has 11 heavy (non-hydrogen) atoms. The Morgan fingerprint density at radius 1 is 1.36 bits per heavy atom. The van der Waals surface area contributed by atoms with Crippen LogP contribution in [0.1, 0.15) is 33.6 Å². The molecule has 0 bridgehead atoms. The SMILES string of the molecule is CCCC(=O)[N]C(=O)C(C)C. The molecule has 0 saturated heterocycles. The smallest absolute Gasteiger partial charge is 0.251 e. The van der Waals surface area contributed by atoms with E-state index in [1.165, 1.54) is 0 Å². The molecule has 0 spiro atoms. The summed E-state index contributed by atoms with van der Waals surface area (Å²) in [6.45, 7) is 5.34. The number of hydrogen-bond donors (Lipinski definition) is 0. The molecule has 0 atom stereocenters. The lowest BCUT2D eigenvalue weighted by Crippen LogP contribution is -2.26. The molecule has 0 unspecified atom stereocenters. The predicted octanol–water partition coefficient (Wildman–Crippen LogP) is 1.10. The Morgan fingerprint density at radius 2 is 1.91 bits per heavy atom. The number of nitrogens with zero attached hydrogens (tertiary/aromatic N) is 1. The molecule has 0 fully saturated rings. The van der Waals surface area contributed by atoms with Crippen molar-refractivity contribution in [3.05, 3.63) is 0 Å². The highest BCUT2D eigenvalue weighted by molar-refractivity contribution is 5.95. The predicted molar refractivity (Wildman–Crippen MR) is 41.9 cm³/mol. The fourth-order valence-corrected chi connectivity index (χ4v) is 0.522. The molecule has 3 heteroatoms. The summed E-state index contributed by atoms with van der Waals surface area (Å²) in [5.74, 6) is -0.787. The fraction of sp³-hybridized carbons (Fsp3) is 0.750. The number of imide groups is 1. The summed E-state index contributed by atoms with van der Waals surface area (Å²) in [6.07, 6.45) is 1.12. The van der Waals surface area contributed by atoms with Crippen LogP contribution in [0.2, 0.25) is 0 Å². The Labute approximate surface area is 67.2 Å². The third-order valence-corrected chi connectivity index (χ3v) is 1.19. The van der Waals surface area contributed by atoms with E-state index in [9.17, 15) is 9.59 Å². The number of carbonyl (C=O) groups is 2. The summed E-state index contributed by atoms with van der Waals surface area (Å²) in [6, 6.07) is 0. The quantitative estimate of drug-likeness (QED) is 0.614. The van der Waals surface area contributed by atoms with Crippen LogP contribution in [-0.4, -0.2) is 11.8 Å². The van der Waals surface area contributed by atoms with E-state index in [0.717, 1.165) is 6.42 Å². The molecule has 0 heterocycles. The van der Waals surface area contributed by atoms with Crippen LogP contribution in [0.4, 0.5) is 0 Å². The molecule has 2 amide bonds. The van der Waals surface area contributed by atoms with Crippen LogP contribution in [0.5, 0.6) is 0 Å². The van der Waals surface area contributed by atoms with Gasteiger partial charge in [-0.15, -0.1) is 0 Å². The second kappa shape index (κ2) is 4.88. The summed E-state index contributed by atoms with van der Waals surface area (Å²) < 4.78 is 0. The van der Waals surface area contributed by atoms with Crippen molar-refractivity contribution in [2.75, 3.05) is 0 Å². The van der Waals surface area contributed by atoms with E-state index in [1.54, 1.807) is 13.8 Å². The van der Waals surface area contributed by atoms with Crippen LogP contribution in [0, 0.1) is 5.92 Å². The molecular formula is C8H14NO2. The average Bonchev–Trinajstić information content (AvgIpc) is 1.87. The van der Waals surface area contributed by atoms with Crippen LogP contribution >= 0.6 is 0 Å². The van der Waals surface area contributed by atoms with Crippen molar-refractivity contribution in [2.45, 2.75) is 33.6 Å². The molecule has 0 aliphatic rings. The molecule has 0 saturated carbocycles. The molecule has 0 aromatic heterocycles. The van der Waals surface area contributed by atoms with Gasteiger partial charge in [-0.1, -0.05) is 20.8 Å². The van der Waals surface area contributed by atoms with Gasteiger partial charge in [0.05, 0.1) is 0 Å². The minimum Gasteiger partial charge on any atom is -0.273 e. The molecule has 63 valence electrons. The first-order chi connectivity index (χ1) is 5.07. The largest absolute Gasteiger partial charge is 0.273 e. The van der Waals surface area contributed by atoms with Gasteiger partial charge in [0.1, 0.15) is 0 Å². The zero-order valence-corrected chi connectivity index (χ0v) is 7.26. The molecule has 0 aliphatic heterocycles. The van der Waals surface area contributed by atoms with E-state index in [0.29, 0.717) is 6.42 Å². The average molecular weight is 156 g/mol. The maximum Gasteiger partial charge on any atom is 0.251 e. The van der Waals surface area contributed by atoms with Gasteiger partial charge in [0.15, 0.2) is 0 Å². The summed E-state index contributed by atoms with van der Waals surface area (Å²) in [5.41, 5.74) is 0. The number of amides is 2. The van der Waals surface area contributed by atoms with Crippen molar-refractivity contribution >= 4 is 11.8 Å². The lowest BCUT2D eigenvalue weighted by Gasteiger charge is -2.01. The van der Waals surface area contributed by atoms with Gasteiger partial charge in [-0.2, -0.15) is 5.32 Å². The minimum atomic E-state index is -0.316. The number of carbonyl (C=O) groups excluding carboxylic acids is 2. The number of hydrogen-bond acceptors (Lipinski definition) is 2. The van der Waals surface area contributed by atoms with Crippen LogP contribution in [0.3, 0.4) is 0 Å². The van der Waals surface area contributed by atoms with Gasteiger partial charge in [0.25, 0.3) is 5.91 Å². The standard InChI is InChI=1S/C8H14NO2/c1-4-5-7(10)9-8(11)6(2)3/h6H,4-5H2,1-3H3. The molecule has 0 aromatic carbocycles. The Balaban J connectivity index is 3.67. The van der Waals surface area contributed by atoms with E-state index in [-0.39, 0.29) is 17.7 Å². The highest BCUT2D eigenvalue weighted by Crippen LogP contribution is 1.94. The van der Waals surface area contributed by atoms with Crippen molar-refractivity contribution < 1.29 is 9.59 Å². The Hall–Kier alpha value is -0.860. The van der Waals surface area contributed by atoms with Gasteiger partial charge in [0.2, 0.25) is 5.91 Å². The maximum atomic E-state index is 10.8. The van der Waals surface area contributed by atoms with E-state index in [2.05, 4.69) is 5.32 Å². The first-order valence-corrected chi connectivity index (χ1v) is 3.86. The van der Waals surface area contributed by atoms with Gasteiger partial charge in [-0.05, 0) is 6.42 Å². The highest BCUT2D eigenvalue weighted by atomic mass is 16.2. The van der Waals surface area contributed by atoms with Crippen molar-refractivity contribution in [3.63, 3.8) is 0 Å². The van der Waals surface area contributed by atoms with Crippen molar-refractivity contribution in [1.29, 1.82) is 0 Å². The summed E-state index contributed by atoms with van der Waals surface area (Å²) in [7, 11) is 0. The van der Waals surface area contributed by atoms with E-state index in [4.69, 9.17) is 0 Å². The monoisotopic (exact) mass is 156 g/mol. The topological polar surface area (TPSA) is 48.2 Å². The van der Waals surface area contributed by atoms with Crippen LogP contribution < -0.4 is 5.32 Å². The maximum absolute atomic E-state index is 10.8. The lowest BCUT2D eigenvalue weighted by atomic mass is 10.2. The second-order valence-electron chi connectivity index (χ2n) is 2.75. The molecule has 1 radical (unpaired) electrons. The summed E-state index contributed by atoms with van der Waals surface area (Å²) in [4.78, 5) is 21.6. The van der Waals surface area contributed by atoms with Crippen molar-refractivity contribution in [1.82, 2.24) is 5.32 Å². The molecule has 3 nitrogen and oxygen atoms in total. The van der Waals surface area contributed by atoms with Crippen molar-refractivity contribution in [3.8, 4) is 0 Å². The molecule has 0 aromatic rings. The fourth-order valence-electron chi connectivity index (χ4n) is 0.522. The van der Waals surface area contributed by atoms with Gasteiger partial charge in [-0.3, -0.25) is 9.59 Å². The number of rotatable bonds is 3.